The number of benzene rings is 1. The van der Waals surface area contributed by atoms with Crippen molar-refractivity contribution in [2.75, 3.05) is 96.1 Å². The number of anilines is 2. The van der Waals surface area contributed by atoms with Gasteiger partial charge in [-0.1, -0.05) is 0 Å². The van der Waals surface area contributed by atoms with Crippen molar-refractivity contribution in [2.24, 2.45) is 0 Å². The Bertz CT molecular complexity index is 921. The van der Waals surface area contributed by atoms with Gasteiger partial charge in [-0.25, -0.2) is 9.97 Å². The maximum absolute atomic E-state index is 5.80. The van der Waals surface area contributed by atoms with Gasteiger partial charge in [-0.3, -0.25) is 4.90 Å². The molecule has 0 unspecified atom stereocenters. The highest BCUT2D eigenvalue weighted by Crippen LogP contribution is 2.30. The maximum Gasteiger partial charge on any atom is 0.161 e. The van der Waals surface area contributed by atoms with E-state index in [1.807, 2.05) is 0 Å². The van der Waals surface area contributed by atoms with Crippen molar-refractivity contribution in [2.45, 2.75) is 13.0 Å². The molecule has 5 rings (SSSR count). The van der Waals surface area contributed by atoms with Crippen LogP contribution in [0.15, 0.2) is 24.3 Å². The molecule has 2 fully saturated rings. The van der Waals surface area contributed by atoms with Gasteiger partial charge in [0, 0.05) is 89.2 Å². The zero-order chi connectivity index (χ0) is 22.6. The van der Waals surface area contributed by atoms with Crippen LogP contribution in [0.1, 0.15) is 11.3 Å². The maximum atomic E-state index is 5.80. The van der Waals surface area contributed by atoms with Crippen LogP contribution in [-0.2, 0) is 22.5 Å². The van der Waals surface area contributed by atoms with Gasteiger partial charge in [0.25, 0.3) is 0 Å². The summed E-state index contributed by atoms with van der Waals surface area (Å²) in [5.41, 5.74) is 4.68. The van der Waals surface area contributed by atoms with Crippen LogP contribution in [0.25, 0.3) is 11.4 Å². The summed E-state index contributed by atoms with van der Waals surface area (Å²) in [5, 5.41) is 0. The number of ether oxygens (including phenoxy) is 2. The van der Waals surface area contributed by atoms with E-state index in [1.54, 1.807) is 7.11 Å². The SMILES string of the molecule is COCCN1CCN(c2nc(-c3ccc(N4CCN(C)CC4)cc3)nc3c2COCC3)CC1. The van der Waals surface area contributed by atoms with Crippen LogP contribution in [-0.4, -0.2) is 106 Å². The largest absolute Gasteiger partial charge is 0.383 e. The molecule has 0 N–H and O–H groups in total. The normalized spacial score (nSPS) is 20.2. The Morgan fingerprint density at radius 3 is 2.36 bits per heavy atom. The fourth-order valence-corrected chi connectivity index (χ4v) is 4.90. The van der Waals surface area contributed by atoms with Crippen LogP contribution in [0.3, 0.4) is 0 Å². The molecular formula is C25H36N6O2. The van der Waals surface area contributed by atoms with Gasteiger partial charge in [-0.15, -0.1) is 0 Å². The number of likely N-dealkylation sites (N-methyl/N-ethyl adjacent to an activating group) is 1. The van der Waals surface area contributed by atoms with Crippen LogP contribution >= 0.6 is 0 Å². The number of nitrogens with zero attached hydrogens (tertiary/aromatic N) is 6. The molecule has 178 valence electrons. The Morgan fingerprint density at radius 2 is 1.64 bits per heavy atom. The smallest absolute Gasteiger partial charge is 0.161 e. The summed E-state index contributed by atoms with van der Waals surface area (Å²) in [4.78, 5) is 19.8. The Hall–Kier alpha value is -2.26. The minimum absolute atomic E-state index is 0.608. The lowest BCUT2D eigenvalue weighted by molar-refractivity contribution is 0.109. The number of aromatic nitrogens is 2. The molecule has 33 heavy (non-hydrogen) atoms. The number of hydrogen-bond acceptors (Lipinski definition) is 8. The van der Waals surface area contributed by atoms with Gasteiger partial charge in [-0.05, 0) is 31.3 Å². The van der Waals surface area contributed by atoms with Gasteiger partial charge in [-0.2, -0.15) is 0 Å². The van der Waals surface area contributed by atoms with Crippen LogP contribution in [0.2, 0.25) is 0 Å². The summed E-state index contributed by atoms with van der Waals surface area (Å²) in [7, 11) is 3.96. The molecule has 3 aliphatic rings. The fraction of sp³-hybridized carbons (Fsp3) is 0.600. The first kappa shape index (κ1) is 22.5. The molecule has 0 bridgehead atoms. The van der Waals surface area contributed by atoms with E-state index >= 15 is 0 Å². The number of hydrogen-bond donors (Lipinski definition) is 0. The first-order valence-corrected chi connectivity index (χ1v) is 12.2. The summed E-state index contributed by atoms with van der Waals surface area (Å²) < 4.78 is 11.0. The lowest BCUT2D eigenvalue weighted by atomic mass is 10.1. The Kier molecular flexibility index (Phi) is 7.06. The standard InChI is InChI=1S/C25H36N6O2/c1-28-8-12-30(13-9-28)21-5-3-20(4-6-21)24-26-23-7-17-33-19-22(23)25(27-24)31-14-10-29(11-15-31)16-18-32-2/h3-6H,7-19H2,1-2H3. The molecule has 1 aromatic carbocycles. The zero-order valence-corrected chi connectivity index (χ0v) is 20.0. The molecule has 0 saturated carbocycles. The molecule has 2 aromatic rings. The molecule has 4 heterocycles. The second kappa shape index (κ2) is 10.3. The van der Waals surface area contributed by atoms with E-state index < -0.39 is 0 Å². The molecule has 0 atom stereocenters. The van der Waals surface area contributed by atoms with Gasteiger partial charge in [0.1, 0.15) is 5.82 Å². The van der Waals surface area contributed by atoms with E-state index in [1.165, 1.54) is 11.3 Å². The third kappa shape index (κ3) is 5.14. The highest BCUT2D eigenvalue weighted by molar-refractivity contribution is 5.64. The van der Waals surface area contributed by atoms with Crippen molar-refractivity contribution >= 4 is 11.5 Å². The molecule has 0 spiro atoms. The van der Waals surface area contributed by atoms with Crippen LogP contribution < -0.4 is 9.80 Å². The van der Waals surface area contributed by atoms with E-state index in [0.717, 1.165) is 101 Å². The third-order valence-electron chi connectivity index (χ3n) is 7.08. The van der Waals surface area contributed by atoms with Crippen molar-refractivity contribution in [1.82, 2.24) is 19.8 Å². The predicted molar refractivity (Wildman–Crippen MR) is 131 cm³/mol. The van der Waals surface area contributed by atoms with Gasteiger partial charge in [0.15, 0.2) is 5.82 Å². The van der Waals surface area contributed by atoms with Gasteiger partial charge in [0.2, 0.25) is 0 Å². The minimum Gasteiger partial charge on any atom is -0.383 e. The van der Waals surface area contributed by atoms with Gasteiger partial charge < -0.3 is 24.2 Å². The van der Waals surface area contributed by atoms with E-state index in [-0.39, 0.29) is 0 Å². The number of piperazine rings is 2. The molecule has 3 aliphatic heterocycles. The quantitative estimate of drug-likeness (QED) is 0.657. The monoisotopic (exact) mass is 452 g/mol. The minimum atomic E-state index is 0.608. The number of fused-ring (bicyclic) bond motifs is 1. The number of methoxy groups -OCH3 is 1. The Labute approximate surface area is 197 Å². The van der Waals surface area contributed by atoms with E-state index in [0.29, 0.717) is 6.61 Å². The van der Waals surface area contributed by atoms with Crippen LogP contribution in [0.4, 0.5) is 11.5 Å². The average molecular weight is 453 g/mol. The zero-order valence-electron chi connectivity index (χ0n) is 20.0. The second-order valence-electron chi connectivity index (χ2n) is 9.26. The molecule has 1 aromatic heterocycles. The van der Waals surface area contributed by atoms with Crippen molar-refractivity contribution in [3.8, 4) is 11.4 Å². The summed E-state index contributed by atoms with van der Waals surface area (Å²) in [6, 6.07) is 8.81. The van der Waals surface area contributed by atoms with E-state index in [2.05, 4.69) is 50.9 Å². The summed E-state index contributed by atoms with van der Waals surface area (Å²) >= 11 is 0. The lowest BCUT2D eigenvalue weighted by Gasteiger charge is -2.37. The highest BCUT2D eigenvalue weighted by Gasteiger charge is 2.25. The fourth-order valence-electron chi connectivity index (χ4n) is 4.90. The topological polar surface area (TPSA) is 57.2 Å². The van der Waals surface area contributed by atoms with Crippen molar-refractivity contribution in [3.05, 3.63) is 35.5 Å². The average Bonchev–Trinajstić information content (AvgIpc) is 2.88. The lowest BCUT2D eigenvalue weighted by Crippen LogP contribution is -2.48. The molecule has 8 nitrogen and oxygen atoms in total. The van der Waals surface area contributed by atoms with Crippen LogP contribution in [0, 0.1) is 0 Å². The summed E-state index contributed by atoms with van der Waals surface area (Å²) in [6.45, 7) is 11.5. The Morgan fingerprint density at radius 1 is 0.909 bits per heavy atom. The molecular weight excluding hydrogens is 416 g/mol. The molecule has 8 heteroatoms. The molecule has 0 radical (unpaired) electrons. The van der Waals surface area contributed by atoms with Gasteiger partial charge >= 0.3 is 0 Å². The number of rotatable bonds is 6. The second-order valence-corrected chi connectivity index (χ2v) is 9.26. The Balaban J connectivity index is 1.36. The van der Waals surface area contributed by atoms with Gasteiger partial charge in [0.05, 0.1) is 25.5 Å². The predicted octanol–water partition coefficient (Wildman–Crippen LogP) is 1.74. The first-order chi connectivity index (χ1) is 16.2. The third-order valence-corrected chi connectivity index (χ3v) is 7.08. The molecule has 0 amide bonds. The summed E-state index contributed by atoms with van der Waals surface area (Å²) in [5.74, 6) is 1.89. The van der Waals surface area contributed by atoms with E-state index in [9.17, 15) is 0 Å². The highest BCUT2D eigenvalue weighted by atomic mass is 16.5. The summed E-state index contributed by atoms with van der Waals surface area (Å²) in [6.07, 6.45) is 0.852. The first-order valence-electron chi connectivity index (χ1n) is 12.2. The van der Waals surface area contributed by atoms with E-state index in [4.69, 9.17) is 19.4 Å². The van der Waals surface area contributed by atoms with Crippen molar-refractivity contribution < 1.29 is 9.47 Å². The van der Waals surface area contributed by atoms with Crippen LogP contribution in [0.5, 0.6) is 0 Å². The van der Waals surface area contributed by atoms with Crippen molar-refractivity contribution in [3.63, 3.8) is 0 Å². The van der Waals surface area contributed by atoms with Crippen molar-refractivity contribution in [1.29, 1.82) is 0 Å². The molecule has 2 saturated heterocycles. The molecule has 0 aliphatic carbocycles.